The Hall–Kier alpha value is -1.78. The first-order valence-corrected chi connectivity index (χ1v) is 8.09. The molecule has 0 heterocycles. The zero-order chi connectivity index (χ0) is 15.5. The maximum Gasteiger partial charge on any atom is 0.243 e. The Balaban J connectivity index is 2.35. The van der Waals surface area contributed by atoms with E-state index in [1.807, 2.05) is 6.07 Å². The lowest BCUT2D eigenvalue weighted by atomic mass is 10.3. The Bertz CT molecular complexity index is 647. The van der Waals surface area contributed by atoms with Crippen molar-refractivity contribution in [2.45, 2.75) is 30.2 Å². The van der Waals surface area contributed by atoms with Crippen LogP contribution >= 0.6 is 0 Å². The first-order chi connectivity index (χ1) is 10.0. The van der Waals surface area contributed by atoms with Gasteiger partial charge in [-0.2, -0.15) is 9.57 Å². The van der Waals surface area contributed by atoms with Gasteiger partial charge in [0.2, 0.25) is 10.0 Å². The minimum Gasteiger partial charge on any atom is -0.493 e. The molecular formula is C14H18N2O4S. The highest BCUT2D eigenvalue weighted by molar-refractivity contribution is 7.89. The van der Waals surface area contributed by atoms with Crippen LogP contribution in [0.2, 0.25) is 0 Å². The van der Waals surface area contributed by atoms with Crippen LogP contribution in [-0.4, -0.2) is 39.5 Å². The Morgan fingerprint density at radius 1 is 1.29 bits per heavy atom. The fourth-order valence-electron chi connectivity index (χ4n) is 2.13. The van der Waals surface area contributed by atoms with Gasteiger partial charge >= 0.3 is 0 Å². The summed E-state index contributed by atoms with van der Waals surface area (Å²) in [5.74, 6) is 0.848. The topological polar surface area (TPSA) is 79.6 Å². The van der Waals surface area contributed by atoms with Crippen LogP contribution in [0.3, 0.4) is 0 Å². The van der Waals surface area contributed by atoms with E-state index in [1.165, 1.54) is 30.7 Å². The number of nitriles is 1. The molecule has 0 bridgehead atoms. The van der Waals surface area contributed by atoms with Crippen molar-refractivity contribution in [2.75, 3.05) is 20.8 Å². The lowest BCUT2D eigenvalue weighted by Gasteiger charge is -2.21. The molecule has 1 fully saturated rings. The molecule has 1 aliphatic carbocycles. The number of hydrogen-bond acceptors (Lipinski definition) is 5. The van der Waals surface area contributed by atoms with Crippen LogP contribution in [0, 0.1) is 11.3 Å². The van der Waals surface area contributed by atoms with Crippen LogP contribution in [0.5, 0.6) is 11.5 Å². The summed E-state index contributed by atoms with van der Waals surface area (Å²) in [6.07, 6.45) is 1.87. The summed E-state index contributed by atoms with van der Waals surface area (Å²) in [4.78, 5) is 0.157. The standard InChI is InChI=1S/C14H18N2O4S/c1-19-13-7-6-12(10-14(13)20-2)21(17,18)16(9-3-8-15)11-4-5-11/h6-7,10-11H,3-5,9H2,1-2H3. The zero-order valence-corrected chi connectivity index (χ0v) is 12.9. The van der Waals surface area contributed by atoms with E-state index in [1.54, 1.807) is 6.07 Å². The van der Waals surface area contributed by atoms with Crippen molar-refractivity contribution >= 4 is 10.0 Å². The van der Waals surface area contributed by atoms with Gasteiger partial charge in [-0.1, -0.05) is 0 Å². The molecule has 2 rings (SSSR count). The second-order valence-electron chi connectivity index (χ2n) is 4.77. The summed E-state index contributed by atoms with van der Waals surface area (Å²) in [5, 5.41) is 8.70. The minimum atomic E-state index is -3.62. The van der Waals surface area contributed by atoms with Crippen LogP contribution in [-0.2, 0) is 10.0 Å². The summed E-state index contributed by atoms with van der Waals surface area (Å²) in [6.45, 7) is 0.220. The van der Waals surface area contributed by atoms with Crippen molar-refractivity contribution in [2.24, 2.45) is 0 Å². The SMILES string of the molecule is COc1ccc(S(=O)(=O)N(CCC#N)C2CC2)cc1OC. The van der Waals surface area contributed by atoms with Gasteiger partial charge in [0.25, 0.3) is 0 Å². The Kier molecular flexibility index (Phi) is 4.70. The van der Waals surface area contributed by atoms with E-state index in [2.05, 4.69) is 0 Å². The first kappa shape index (κ1) is 15.6. The zero-order valence-electron chi connectivity index (χ0n) is 12.1. The maximum atomic E-state index is 12.7. The van der Waals surface area contributed by atoms with Crippen molar-refractivity contribution in [3.63, 3.8) is 0 Å². The molecule has 0 N–H and O–H groups in total. The highest BCUT2D eigenvalue weighted by Gasteiger charge is 2.37. The van der Waals surface area contributed by atoms with Gasteiger partial charge < -0.3 is 9.47 Å². The second-order valence-corrected chi connectivity index (χ2v) is 6.66. The molecule has 7 heteroatoms. The van der Waals surface area contributed by atoms with E-state index in [0.717, 1.165) is 12.8 Å². The molecule has 6 nitrogen and oxygen atoms in total. The van der Waals surface area contributed by atoms with Gasteiger partial charge in [-0.05, 0) is 25.0 Å². The number of methoxy groups -OCH3 is 2. The second kappa shape index (κ2) is 6.33. The normalized spacial score (nSPS) is 14.8. The summed E-state index contributed by atoms with van der Waals surface area (Å²) >= 11 is 0. The molecule has 1 saturated carbocycles. The third kappa shape index (κ3) is 3.28. The third-order valence-electron chi connectivity index (χ3n) is 3.36. The Morgan fingerprint density at radius 2 is 1.95 bits per heavy atom. The van der Waals surface area contributed by atoms with Crippen molar-refractivity contribution in [1.82, 2.24) is 4.31 Å². The van der Waals surface area contributed by atoms with Crippen LogP contribution in [0.15, 0.2) is 23.1 Å². The van der Waals surface area contributed by atoms with Crippen LogP contribution in [0.1, 0.15) is 19.3 Å². The summed E-state index contributed by atoms with van der Waals surface area (Å²) in [5.41, 5.74) is 0. The number of hydrogen-bond donors (Lipinski definition) is 0. The molecule has 0 saturated heterocycles. The van der Waals surface area contributed by atoms with Crippen molar-refractivity contribution in [1.29, 1.82) is 5.26 Å². The van der Waals surface area contributed by atoms with Gasteiger partial charge in [-0.15, -0.1) is 0 Å². The molecule has 1 aromatic rings. The molecule has 0 atom stereocenters. The molecular weight excluding hydrogens is 292 g/mol. The predicted octanol–water partition coefficient (Wildman–Crippen LogP) is 1.77. The van der Waals surface area contributed by atoms with E-state index in [9.17, 15) is 8.42 Å². The van der Waals surface area contributed by atoms with E-state index in [-0.39, 0.29) is 23.9 Å². The number of nitrogens with zero attached hydrogens (tertiary/aromatic N) is 2. The summed E-state index contributed by atoms with van der Waals surface area (Å²) in [7, 11) is -0.665. The van der Waals surface area contributed by atoms with Crippen LogP contribution in [0.4, 0.5) is 0 Å². The van der Waals surface area contributed by atoms with E-state index in [4.69, 9.17) is 14.7 Å². The molecule has 1 aliphatic rings. The molecule has 0 aromatic heterocycles. The van der Waals surface area contributed by atoms with Crippen molar-refractivity contribution < 1.29 is 17.9 Å². The maximum absolute atomic E-state index is 12.7. The average Bonchev–Trinajstić information content (AvgIpc) is 3.31. The van der Waals surface area contributed by atoms with Crippen LogP contribution in [0.25, 0.3) is 0 Å². The summed E-state index contributed by atoms with van der Waals surface area (Å²) in [6, 6.07) is 6.53. The van der Waals surface area contributed by atoms with Gasteiger partial charge in [0, 0.05) is 25.1 Å². The fraction of sp³-hybridized carbons (Fsp3) is 0.500. The van der Waals surface area contributed by atoms with Gasteiger partial charge in [0.05, 0.1) is 25.2 Å². The van der Waals surface area contributed by atoms with E-state index in [0.29, 0.717) is 11.5 Å². The molecule has 21 heavy (non-hydrogen) atoms. The monoisotopic (exact) mass is 310 g/mol. The average molecular weight is 310 g/mol. The highest BCUT2D eigenvalue weighted by atomic mass is 32.2. The third-order valence-corrected chi connectivity index (χ3v) is 5.31. The molecule has 1 aromatic carbocycles. The van der Waals surface area contributed by atoms with Crippen molar-refractivity contribution in [3.05, 3.63) is 18.2 Å². The lowest BCUT2D eigenvalue weighted by molar-refractivity contribution is 0.353. The lowest BCUT2D eigenvalue weighted by Crippen LogP contribution is -2.34. The van der Waals surface area contributed by atoms with Crippen molar-refractivity contribution in [3.8, 4) is 17.6 Å². The fourth-order valence-corrected chi connectivity index (χ4v) is 3.84. The molecule has 0 radical (unpaired) electrons. The predicted molar refractivity (Wildman–Crippen MR) is 76.7 cm³/mol. The Labute approximate surface area is 124 Å². The number of benzene rings is 1. The van der Waals surface area contributed by atoms with Gasteiger partial charge in [0.1, 0.15) is 0 Å². The van der Waals surface area contributed by atoms with Gasteiger partial charge in [-0.25, -0.2) is 8.42 Å². The largest absolute Gasteiger partial charge is 0.493 e. The number of rotatable bonds is 7. The molecule has 0 spiro atoms. The quantitative estimate of drug-likeness (QED) is 0.767. The first-order valence-electron chi connectivity index (χ1n) is 6.65. The number of sulfonamides is 1. The van der Waals surface area contributed by atoms with E-state index < -0.39 is 10.0 Å². The van der Waals surface area contributed by atoms with Gasteiger partial charge in [-0.3, -0.25) is 0 Å². The Morgan fingerprint density at radius 3 is 2.48 bits per heavy atom. The smallest absolute Gasteiger partial charge is 0.243 e. The number of ether oxygens (including phenoxy) is 2. The molecule has 114 valence electrons. The molecule has 0 aliphatic heterocycles. The van der Waals surface area contributed by atoms with Crippen LogP contribution < -0.4 is 9.47 Å². The highest BCUT2D eigenvalue weighted by Crippen LogP contribution is 2.35. The minimum absolute atomic E-state index is 0.0106. The molecule has 0 unspecified atom stereocenters. The van der Waals surface area contributed by atoms with Gasteiger partial charge in [0.15, 0.2) is 11.5 Å². The molecule has 0 amide bonds. The summed E-state index contributed by atoms with van der Waals surface area (Å²) < 4.78 is 37.1. The van der Waals surface area contributed by atoms with E-state index >= 15 is 0 Å².